The Kier molecular flexibility index (Phi) is 4.81. The molecule has 1 aromatic rings. The maximum absolute atomic E-state index is 12.6. The van der Waals surface area contributed by atoms with Crippen LogP contribution in [0.5, 0.6) is 0 Å². The highest BCUT2D eigenvalue weighted by atomic mass is 19.4. The summed E-state index contributed by atoms with van der Waals surface area (Å²) in [5.41, 5.74) is -0.734. The lowest BCUT2D eigenvalue weighted by molar-refractivity contribution is -0.140. The zero-order valence-electron chi connectivity index (χ0n) is 11.7. The van der Waals surface area contributed by atoms with Gasteiger partial charge < -0.3 is 5.11 Å². The molecule has 0 spiro atoms. The molecule has 1 N–H and O–H groups in total. The number of aliphatic carboxylic acids is 1. The lowest BCUT2D eigenvalue weighted by Gasteiger charge is -2.34. The van der Waals surface area contributed by atoms with Gasteiger partial charge in [-0.05, 0) is 32.4 Å². The van der Waals surface area contributed by atoms with Gasteiger partial charge in [0.2, 0.25) is 0 Å². The fraction of sp³-hybridized carbons (Fsp3) is 0.500. The summed E-state index contributed by atoms with van der Waals surface area (Å²) >= 11 is 0. The van der Waals surface area contributed by atoms with Gasteiger partial charge in [0.15, 0.2) is 0 Å². The predicted octanol–water partition coefficient (Wildman–Crippen LogP) is 3.39. The van der Waals surface area contributed by atoms with Crippen LogP contribution in [0, 0.1) is 0 Å². The first-order chi connectivity index (χ1) is 9.00. The number of carboxylic acid groups (broad SMARTS) is 1. The minimum atomic E-state index is -4.39. The van der Waals surface area contributed by atoms with Gasteiger partial charge >= 0.3 is 12.1 Å². The smallest absolute Gasteiger partial charge is 0.416 e. The van der Waals surface area contributed by atoms with Crippen molar-refractivity contribution in [1.29, 1.82) is 0 Å². The SMILES string of the molecule is CC(C)(C)N(CC(=O)O)Cc1cccc(C(F)(F)F)c1. The van der Waals surface area contributed by atoms with E-state index in [9.17, 15) is 18.0 Å². The summed E-state index contributed by atoms with van der Waals surface area (Å²) in [6.07, 6.45) is -4.39. The summed E-state index contributed by atoms with van der Waals surface area (Å²) in [7, 11) is 0. The summed E-state index contributed by atoms with van der Waals surface area (Å²) in [6.45, 7) is 5.40. The number of hydrogen-bond donors (Lipinski definition) is 1. The van der Waals surface area contributed by atoms with Gasteiger partial charge in [0.25, 0.3) is 0 Å². The molecule has 3 nitrogen and oxygen atoms in total. The second-order valence-corrected chi connectivity index (χ2v) is 5.62. The molecule has 0 aliphatic heterocycles. The average Bonchev–Trinajstić information content (AvgIpc) is 2.25. The van der Waals surface area contributed by atoms with Crippen molar-refractivity contribution in [2.24, 2.45) is 0 Å². The van der Waals surface area contributed by atoms with Crippen LogP contribution >= 0.6 is 0 Å². The van der Waals surface area contributed by atoms with Crippen molar-refractivity contribution in [1.82, 2.24) is 4.90 Å². The number of halogens is 3. The van der Waals surface area contributed by atoms with Crippen molar-refractivity contribution in [3.05, 3.63) is 35.4 Å². The highest BCUT2D eigenvalue weighted by Gasteiger charge is 2.31. The largest absolute Gasteiger partial charge is 0.480 e. The quantitative estimate of drug-likeness (QED) is 0.923. The van der Waals surface area contributed by atoms with Gasteiger partial charge in [-0.1, -0.05) is 18.2 Å². The normalized spacial score (nSPS) is 12.8. The zero-order chi connectivity index (χ0) is 15.6. The van der Waals surface area contributed by atoms with Crippen LogP contribution in [0.2, 0.25) is 0 Å². The number of hydrogen-bond acceptors (Lipinski definition) is 2. The first-order valence-corrected chi connectivity index (χ1v) is 6.13. The minimum Gasteiger partial charge on any atom is -0.480 e. The van der Waals surface area contributed by atoms with Crippen molar-refractivity contribution < 1.29 is 23.1 Å². The van der Waals surface area contributed by atoms with Gasteiger partial charge in [-0.25, -0.2) is 0 Å². The molecule has 0 aliphatic rings. The minimum absolute atomic E-state index is 0.152. The Morgan fingerprint density at radius 3 is 2.30 bits per heavy atom. The van der Waals surface area contributed by atoms with Crippen molar-refractivity contribution in [3.63, 3.8) is 0 Å². The lowest BCUT2D eigenvalue weighted by Crippen LogP contribution is -2.43. The maximum Gasteiger partial charge on any atom is 0.416 e. The van der Waals surface area contributed by atoms with Crippen molar-refractivity contribution in [2.45, 2.75) is 39.0 Å². The second-order valence-electron chi connectivity index (χ2n) is 5.62. The average molecular weight is 289 g/mol. The molecule has 0 saturated heterocycles. The number of benzene rings is 1. The van der Waals surface area contributed by atoms with Crippen LogP contribution in [-0.2, 0) is 17.5 Å². The third-order valence-electron chi connectivity index (χ3n) is 2.90. The maximum atomic E-state index is 12.6. The van der Waals surface area contributed by atoms with E-state index in [0.29, 0.717) is 5.56 Å². The lowest BCUT2D eigenvalue weighted by atomic mass is 10.0. The van der Waals surface area contributed by atoms with E-state index < -0.39 is 23.2 Å². The first-order valence-electron chi connectivity index (χ1n) is 6.13. The molecule has 0 bridgehead atoms. The Bertz CT molecular complexity index is 478. The van der Waals surface area contributed by atoms with Crippen LogP contribution in [0.25, 0.3) is 0 Å². The standard InChI is InChI=1S/C14H18F3NO2/c1-13(2,3)18(9-12(19)20)8-10-5-4-6-11(7-10)14(15,16)17/h4-7H,8-9H2,1-3H3,(H,19,20). The Balaban J connectivity index is 2.97. The van der Waals surface area contributed by atoms with Gasteiger partial charge in [-0.2, -0.15) is 13.2 Å². The van der Waals surface area contributed by atoms with Crippen molar-refractivity contribution in [2.75, 3.05) is 6.54 Å². The fourth-order valence-electron chi connectivity index (χ4n) is 1.76. The third kappa shape index (κ3) is 4.85. The number of alkyl halides is 3. The molecular weight excluding hydrogens is 271 g/mol. The molecule has 6 heteroatoms. The second kappa shape index (κ2) is 5.83. The highest BCUT2D eigenvalue weighted by Crippen LogP contribution is 2.30. The van der Waals surface area contributed by atoms with E-state index in [4.69, 9.17) is 5.11 Å². The van der Waals surface area contributed by atoms with Crippen LogP contribution in [0.15, 0.2) is 24.3 Å². The fourth-order valence-corrected chi connectivity index (χ4v) is 1.76. The summed E-state index contributed by atoms with van der Waals surface area (Å²) < 4.78 is 37.9. The monoisotopic (exact) mass is 289 g/mol. The predicted molar refractivity (Wildman–Crippen MR) is 69.2 cm³/mol. The molecule has 0 amide bonds. The van der Waals surface area contributed by atoms with Crippen molar-refractivity contribution >= 4 is 5.97 Å². The van der Waals surface area contributed by atoms with E-state index >= 15 is 0 Å². The molecule has 0 atom stereocenters. The summed E-state index contributed by atoms with van der Waals surface area (Å²) in [5.74, 6) is -1.01. The van der Waals surface area contributed by atoms with E-state index in [1.807, 2.05) is 20.8 Å². The highest BCUT2D eigenvalue weighted by molar-refractivity contribution is 5.69. The molecule has 0 aromatic heterocycles. The van der Waals surface area contributed by atoms with E-state index in [1.54, 1.807) is 11.0 Å². The number of nitrogens with zero attached hydrogens (tertiary/aromatic N) is 1. The number of carbonyl (C=O) groups is 1. The van der Waals surface area contributed by atoms with Gasteiger partial charge in [0, 0.05) is 12.1 Å². The molecular formula is C14H18F3NO2. The molecule has 20 heavy (non-hydrogen) atoms. The van der Waals surface area contributed by atoms with Gasteiger partial charge in [-0.3, -0.25) is 9.69 Å². The van der Waals surface area contributed by atoms with E-state index in [2.05, 4.69) is 0 Å². The molecule has 0 unspecified atom stereocenters. The van der Waals surface area contributed by atoms with Crippen molar-refractivity contribution in [3.8, 4) is 0 Å². The number of carboxylic acids is 1. The summed E-state index contributed by atoms with van der Waals surface area (Å²) in [6, 6.07) is 4.96. The van der Waals surface area contributed by atoms with Gasteiger partial charge in [0.1, 0.15) is 0 Å². The molecule has 112 valence electrons. The zero-order valence-corrected chi connectivity index (χ0v) is 11.7. The molecule has 0 saturated carbocycles. The molecule has 1 aromatic carbocycles. The number of rotatable bonds is 4. The Labute approximate surface area is 116 Å². The van der Waals surface area contributed by atoms with E-state index in [1.165, 1.54) is 6.07 Å². The topological polar surface area (TPSA) is 40.5 Å². The molecule has 1 rings (SSSR count). The summed E-state index contributed by atoms with van der Waals surface area (Å²) in [5, 5.41) is 8.89. The first kappa shape index (κ1) is 16.5. The van der Waals surface area contributed by atoms with Crippen LogP contribution in [-0.4, -0.2) is 28.1 Å². The van der Waals surface area contributed by atoms with Crippen LogP contribution in [0.1, 0.15) is 31.9 Å². The molecule has 0 heterocycles. The van der Waals surface area contributed by atoms with Crippen LogP contribution in [0.3, 0.4) is 0 Å². The van der Waals surface area contributed by atoms with Gasteiger partial charge in [0.05, 0.1) is 12.1 Å². The van der Waals surface area contributed by atoms with Gasteiger partial charge in [-0.15, -0.1) is 0 Å². The van der Waals surface area contributed by atoms with E-state index in [-0.39, 0.29) is 13.1 Å². The molecule has 0 radical (unpaired) electrons. The van der Waals surface area contributed by atoms with Crippen LogP contribution < -0.4 is 0 Å². The Hall–Kier alpha value is -1.56. The summed E-state index contributed by atoms with van der Waals surface area (Å²) in [4.78, 5) is 12.5. The molecule has 0 fully saturated rings. The molecule has 0 aliphatic carbocycles. The third-order valence-corrected chi connectivity index (χ3v) is 2.90. The van der Waals surface area contributed by atoms with E-state index in [0.717, 1.165) is 12.1 Å². The Morgan fingerprint density at radius 1 is 1.25 bits per heavy atom. The van der Waals surface area contributed by atoms with Crippen LogP contribution in [0.4, 0.5) is 13.2 Å². The Morgan fingerprint density at radius 2 is 1.85 bits per heavy atom.